The Morgan fingerprint density at radius 3 is 2.38 bits per heavy atom. The van der Waals surface area contributed by atoms with Crippen LogP contribution >= 0.6 is 11.6 Å². The van der Waals surface area contributed by atoms with Gasteiger partial charge in [0, 0.05) is 37.0 Å². The average Bonchev–Trinajstić information content (AvgIpc) is 2.74. The predicted molar refractivity (Wildman–Crippen MR) is 115 cm³/mol. The van der Waals surface area contributed by atoms with Gasteiger partial charge in [0.25, 0.3) is 5.91 Å². The fourth-order valence-corrected chi connectivity index (χ4v) is 2.89. The van der Waals surface area contributed by atoms with Crippen molar-refractivity contribution in [2.45, 2.75) is 32.6 Å². The first kappa shape index (κ1) is 23.3. The summed E-state index contributed by atoms with van der Waals surface area (Å²) >= 11 is 5.64. The predicted octanol–water partition coefficient (Wildman–Crippen LogP) is 4.01. The number of nitrogens with zero attached hydrogens (tertiary/aromatic N) is 2. The summed E-state index contributed by atoms with van der Waals surface area (Å²) in [7, 11) is 0. The Hall–Kier alpha value is -2.02. The van der Waals surface area contributed by atoms with Crippen molar-refractivity contribution in [3.8, 4) is 11.4 Å². The Bertz CT molecular complexity index is 743. The maximum absolute atomic E-state index is 12.3. The minimum Gasteiger partial charge on any atom is -0.379 e. The van der Waals surface area contributed by atoms with E-state index < -0.39 is 0 Å². The first-order valence-corrected chi connectivity index (χ1v) is 10.6. The molecule has 1 N–H and O–H groups in total. The third kappa shape index (κ3) is 9.35. The number of carbonyl (C=O) groups is 1. The highest BCUT2D eigenvalue weighted by atomic mass is 35.5. The van der Waals surface area contributed by atoms with Gasteiger partial charge in [-0.1, -0.05) is 12.8 Å². The molecule has 2 rings (SSSR count). The lowest BCUT2D eigenvalue weighted by Gasteiger charge is -2.08. The summed E-state index contributed by atoms with van der Waals surface area (Å²) in [5.41, 5.74) is 3.08. The lowest BCUT2D eigenvalue weighted by Crippen LogP contribution is -2.27. The second-order valence-corrected chi connectivity index (χ2v) is 7.11. The average molecular weight is 420 g/mol. The van der Waals surface area contributed by atoms with E-state index >= 15 is 0 Å². The first-order chi connectivity index (χ1) is 14.2. The highest BCUT2D eigenvalue weighted by Gasteiger charge is 2.08. The summed E-state index contributed by atoms with van der Waals surface area (Å²) in [5.74, 6) is 0.579. The van der Waals surface area contributed by atoms with Gasteiger partial charge in [0.05, 0.1) is 31.2 Å². The van der Waals surface area contributed by atoms with E-state index in [1.165, 1.54) is 0 Å². The standard InChI is InChI=1S/C22H30ClN3O3/c1-18-6-9-24-20(16-18)21-17-19(7-10-25-21)22(27)26-11-13-29-15-14-28-12-5-3-2-4-8-23/h6-7,9-10,16-17H,2-5,8,11-15H2,1H3,(H,26,27). The Kier molecular flexibility index (Phi) is 11.3. The minimum atomic E-state index is -0.155. The van der Waals surface area contributed by atoms with Crippen LogP contribution in [0.3, 0.4) is 0 Å². The molecule has 0 bridgehead atoms. The van der Waals surface area contributed by atoms with Crippen LogP contribution in [-0.4, -0.2) is 54.7 Å². The molecule has 0 saturated heterocycles. The van der Waals surface area contributed by atoms with Crippen molar-refractivity contribution in [2.24, 2.45) is 0 Å². The lowest BCUT2D eigenvalue weighted by molar-refractivity contribution is 0.0468. The topological polar surface area (TPSA) is 73.3 Å². The quantitative estimate of drug-likeness (QED) is 0.370. The molecule has 0 saturated carbocycles. The molecule has 0 radical (unpaired) electrons. The summed E-state index contributed by atoms with van der Waals surface area (Å²) in [6.07, 6.45) is 7.79. The molecule has 0 aromatic carbocycles. The number of carbonyl (C=O) groups excluding carboxylic acids is 1. The van der Waals surface area contributed by atoms with E-state index in [2.05, 4.69) is 15.3 Å². The number of hydrogen-bond acceptors (Lipinski definition) is 5. The second kappa shape index (κ2) is 14.0. The van der Waals surface area contributed by atoms with E-state index in [0.29, 0.717) is 37.6 Å². The van der Waals surface area contributed by atoms with Crippen LogP contribution in [0.25, 0.3) is 11.4 Å². The first-order valence-electron chi connectivity index (χ1n) is 10.1. The molecule has 1 amide bonds. The highest BCUT2D eigenvalue weighted by Crippen LogP contribution is 2.16. The van der Waals surface area contributed by atoms with Gasteiger partial charge >= 0.3 is 0 Å². The number of nitrogens with one attached hydrogen (secondary N) is 1. The number of unbranched alkanes of at least 4 members (excludes halogenated alkanes) is 3. The van der Waals surface area contributed by atoms with Crippen molar-refractivity contribution in [2.75, 3.05) is 38.9 Å². The molecular weight excluding hydrogens is 390 g/mol. The molecule has 2 aromatic rings. The van der Waals surface area contributed by atoms with Crippen LogP contribution in [0, 0.1) is 6.92 Å². The summed E-state index contributed by atoms with van der Waals surface area (Å²) in [6, 6.07) is 7.31. The van der Waals surface area contributed by atoms with Gasteiger partial charge in [-0.05, 0) is 49.6 Å². The maximum Gasteiger partial charge on any atom is 0.251 e. The monoisotopic (exact) mass is 419 g/mol. The number of pyridine rings is 2. The summed E-state index contributed by atoms with van der Waals surface area (Å²) in [6.45, 7) is 4.73. The number of alkyl halides is 1. The number of hydrogen-bond donors (Lipinski definition) is 1. The van der Waals surface area contributed by atoms with Gasteiger partial charge in [-0.25, -0.2) is 0 Å². The molecular formula is C22H30ClN3O3. The summed E-state index contributed by atoms with van der Waals surface area (Å²) in [5, 5.41) is 2.86. The molecule has 7 heteroatoms. The number of rotatable bonds is 14. The minimum absolute atomic E-state index is 0.155. The molecule has 2 heterocycles. The molecule has 0 atom stereocenters. The molecule has 0 aliphatic carbocycles. The molecule has 6 nitrogen and oxygen atoms in total. The molecule has 0 aliphatic rings. The van der Waals surface area contributed by atoms with Gasteiger partial charge in [-0.2, -0.15) is 0 Å². The van der Waals surface area contributed by atoms with E-state index in [1.807, 2.05) is 19.1 Å². The summed E-state index contributed by atoms with van der Waals surface area (Å²) in [4.78, 5) is 21.0. The molecule has 0 spiro atoms. The van der Waals surface area contributed by atoms with E-state index in [1.54, 1.807) is 24.5 Å². The van der Waals surface area contributed by atoms with Gasteiger partial charge in [-0.3, -0.25) is 14.8 Å². The van der Waals surface area contributed by atoms with E-state index in [4.69, 9.17) is 21.1 Å². The second-order valence-electron chi connectivity index (χ2n) is 6.73. The van der Waals surface area contributed by atoms with Crippen molar-refractivity contribution < 1.29 is 14.3 Å². The fraction of sp³-hybridized carbons (Fsp3) is 0.500. The molecule has 158 valence electrons. The Labute approximate surface area is 178 Å². The number of amides is 1. The zero-order valence-electron chi connectivity index (χ0n) is 17.0. The van der Waals surface area contributed by atoms with Gasteiger partial charge < -0.3 is 14.8 Å². The molecule has 0 unspecified atom stereocenters. The smallest absolute Gasteiger partial charge is 0.251 e. The number of aromatic nitrogens is 2. The lowest BCUT2D eigenvalue weighted by atomic mass is 10.1. The number of halogens is 1. The highest BCUT2D eigenvalue weighted by molar-refractivity contribution is 6.17. The Morgan fingerprint density at radius 2 is 1.62 bits per heavy atom. The van der Waals surface area contributed by atoms with Crippen LogP contribution in [0.5, 0.6) is 0 Å². The van der Waals surface area contributed by atoms with Crippen LogP contribution in [0.1, 0.15) is 41.6 Å². The van der Waals surface area contributed by atoms with Crippen LogP contribution in [0.2, 0.25) is 0 Å². The van der Waals surface area contributed by atoms with Gasteiger partial charge in [0.2, 0.25) is 0 Å². The van der Waals surface area contributed by atoms with Gasteiger partial charge in [0.1, 0.15) is 0 Å². The third-order valence-electron chi connectivity index (χ3n) is 4.28. The zero-order valence-corrected chi connectivity index (χ0v) is 17.8. The number of ether oxygens (including phenoxy) is 2. The van der Waals surface area contributed by atoms with Crippen molar-refractivity contribution in [1.82, 2.24) is 15.3 Å². The third-order valence-corrected chi connectivity index (χ3v) is 4.54. The van der Waals surface area contributed by atoms with Crippen molar-refractivity contribution in [3.05, 3.63) is 47.8 Å². The van der Waals surface area contributed by atoms with Crippen LogP contribution in [0.4, 0.5) is 0 Å². The van der Waals surface area contributed by atoms with Gasteiger partial charge in [-0.15, -0.1) is 11.6 Å². The fourth-order valence-electron chi connectivity index (χ4n) is 2.70. The zero-order chi connectivity index (χ0) is 20.7. The van der Waals surface area contributed by atoms with Crippen LogP contribution < -0.4 is 5.32 Å². The molecule has 2 aromatic heterocycles. The number of aryl methyl sites for hydroxylation is 1. The molecule has 0 fully saturated rings. The van der Waals surface area contributed by atoms with E-state index in [-0.39, 0.29) is 5.91 Å². The van der Waals surface area contributed by atoms with E-state index in [0.717, 1.165) is 49.4 Å². The Balaban J connectivity index is 1.60. The largest absolute Gasteiger partial charge is 0.379 e. The summed E-state index contributed by atoms with van der Waals surface area (Å²) < 4.78 is 11.0. The normalized spacial score (nSPS) is 10.8. The maximum atomic E-state index is 12.3. The van der Waals surface area contributed by atoms with Gasteiger partial charge in [0.15, 0.2) is 0 Å². The van der Waals surface area contributed by atoms with Crippen molar-refractivity contribution in [3.63, 3.8) is 0 Å². The van der Waals surface area contributed by atoms with Crippen LogP contribution in [0.15, 0.2) is 36.7 Å². The van der Waals surface area contributed by atoms with Crippen LogP contribution in [-0.2, 0) is 9.47 Å². The Morgan fingerprint density at radius 1 is 0.931 bits per heavy atom. The van der Waals surface area contributed by atoms with Crippen molar-refractivity contribution in [1.29, 1.82) is 0 Å². The molecule has 29 heavy (non-hydrogen) atoms. The van der Waals surface area contributed by atoms with E-state index in [9.17, 15) is 4.79 Å². The molecule has 0 aliphatic heterocycles. The van der Waals surface area contributed by atoms with Crippen molar-refractivity contribution >= 4 is 17.5 Å². The SMILES string of the molecule is Cc1ccnc(-c2cc(C(=O)NCCOCCOCCCCCCCl)ccn2)c1.